The molecule has 1 aromatic rings. The van der Waals surface area contributed by atoms with E-state index in [-0.39, 0.29) is 18.2 Å². The van der Waals surface area contributed by atoms with Crippen LogP contribution in [0.5, 0.6) is 0 Å². The molecule has 1 aromatic carbocycles. The van der Waals surface area contributed by atoms with Crippen LogP contribution in [0, 0.1) is 23.4 Å². The van der Waals surface area contributed by atoms with E-state index in [9.17, 15) is 27.9 Å². The summed E-state index contributed by atoms with van der Waals surface area (Å²) in [7, 11) is 0. The van der Waals surface area contributed by atoms with Crippen LogP contribution in [-0.4, -0.2) is 29.1 Å². The molecule has 5 nitrogen and oxygen atoms in total. The van der Waals surface area contributed by atoms with Gasteiger partial charge in [-0.25, -0.2) is 13.2 Å². The molecule has 1 unspecified atom stereocenters. The Kier molecular flexibility index (Phi) is 5.48. The van der Waals surface area contributed by atoms with Crippen molar-refractivity contribution in [3.8, 4) is 0 Å². The zero-order valence-electron chi connectivity index (χ0n) is 13.2. The number of halogens is 3. The van der Waals surface area contributed by atoms with Gasteiger partial charge in [-0.1, -0.05) is 12.8 Å². The molecule has 0 aliphatic heterocycles. The monoisotopic (exact) mass is 344 g/mol. The van der Waals surface area contributed by atoms with E-state index < -0.39 is 34.9 Å². The summed E-state index contributed by atoms with van der Waals surface area (Å²) in [5.74, 6) is -6.79. The Morgan fingerprint density at radius 2 is 1.71 bits per heavy atom. The summed E-state index contributed by atoms with van der Waals surface area (Å²) in [6.07, 6.45) is 3.72. The maximum Gasteiger partial charge on any atom is 0.313 e. The van der Waals surface area contributed by atoms with E-state index in [0.717, 1.165) is 25.7 Å². The largest absolute Gasteiger partial charge is 0.388 e. The zero-order chi connectivity index (χ0) is 17.9. The van der Waals surface area contributed by atoms with Gasteiger partial charge in [-0.15, -0.1) is 0 Å². The first-order valence-electron chi connectivity index (χ1n) is 7.67. The highest BCUT2D eigenvalue weighted by molar-refractivity contribution is 6.39. The Bertz CT molecular complexity index is 620. The number of nitrogens with one attached hydrogen (secondary N) is 2. The van der Waals surface area contributed by atoms with Crippen molar-refractivity contribution in [2.24, 2.45) is 5.92 Å². The normalized spacial score (nSPS) is 17.4. The van der Waals surface area contributed by atoms with Crippen LogP contribution in [0.15, 0.2) is 12.1 Å². The summed E-state index contributed by atoms with van der Waals surface area (Å²) in [6, 6.07) is 1.14. The third-order valence-electron chi connectivity index (χ3n) is 4.29. The lowest BCUT2D eigenvalue weighted by atomic mass is 9.88. The molecule has 2 rings (SSSR count). The number of amides is 2. The molecule has 1 saturated carbocycles. The third-order valence-corrected chi connectivity index (χ3v) is 4.29. The number of carbonyl (C=O) groups excluding carboxylic acids is 2. The molecule has 0 heterocycles. The molecule has 0 saturated heterocycles. The summed E-state index contributed by atoms with van der Waals surface area (Å²) in [4.78, 5) is 23.5. The summed E-state index contributed by atoms with van der Waals surface area (Å²) < 4.78 is 39.0. The van der Waals surface area contributed by atoms with Crippen LogP contribution < -0.4 is 10.6 Å². The number of hydrogen-bond acceptors (Lipinski definition) is 3. The minimum atomic E-state index is -1.66. The molecular weight excluding hydrogens is 325 g/mol. The highest BCUT2D eigenvalue weighted by atomic mass is 19.2. The smallest absolute Gasteiger partial charge is 0.313 e. The SMILES string of the molecule is CC(O)(CNC(=O)C(=O)Nc1cc(F)c(F)c(F)c1)C1CCCC1. The molecule has 0 spiro atoms. The van der Waals surface area contributed by atoms with Crippen molar-refractivity contribution in [2.45, 2.75) is 38.2 Å². The number of carbonyl (C=O) groups is 2. The molecule has 2 amide bonds. The number of rotatable bonds is 4. The molecule has 132 valence electrons. The predicted molar refractivity (Wildman–Crippen MR) is 80.5 cm³/mol. The highest BCUT2D eigenvalue weighted by Gasteiger charge is 2.34. The minimum Gasteiger partial charge on any atom is -0.388 e. The first-order chi connectivity index (χ1) is 11.2. The average Bonchev–Trinajstić information content (AvgIpc) is 3.05. The molecular formula is C16H19F3N2O3. The second-order valence-corrected chi connectivity index (χ2v) is 6.23. The topological polar surface area (TPSA) is 78.4 Å². The Morgan fingerprint density at radius 3 is 2.25 bits per heavy atom. The molecule has 0 bridgehead atoms. The van der Waals surface area contributed by atoms with Gasteiger partial charge in [0, 0.05) is 24.4 Å². The molecule has 0 radical (unpaired) electrons. The van der Waals surface area contributed by atoms with Gasteiger partial charge in [-0.05, 0) is 25.7 Å². The number of anilines is 1. The van der Waals surface area contributed by atoms with E-state index in [2.05, 4.69) is 5.32 Å². The summed E-state index contributed by atoms with van der Waals surface area (Å²) >= 11 is 0. The standard InChI is InChI=1S/C16H19F3N2O3/c1-16(24,9-4-2-3-5-9)8-20-14(22)15(23)21-10-6-11(17)13(19)12(18)7-10/h6-7,9,24H,2-5,8H2,1H3,(H,20,22)(H,21,23). The zero-order valence-corrected chi connectivity index (χ0v) is 13.2. The molecule has 8 heteroatoms. The summed E-state index contributed by atoms with van der Waals surface area (Å²) in [5, 5.41) is 14.6. The average molecular weight is 344 g/mol. The third kappa shape index (κ3) is 4.25. The van der Waals surface area contributed by atoms with Gasteiger partial charge in [0.2, 0.25) is 0 Å². The molecule has 24 heavy (non-hydrogen) atoms. The van der Waals surface area contributed by atoms with E-state index in [0.29, 0.717) is 12.1 Å². The van der Waals surface area contributed by atoms with Crippen LogP contribution in [0.25, 0.3) is 0 Å². The summed E-state index contributed by atoms with van der Waals surface area (Å²) in [6.45, 7) is 1.47. The van der Waals surface area contributed by atoms with E-state index in [1.165, 1.54) is 0 Å². The van der Waals surface area contributed by atoms with Crippen LogP contribution in [-0.2, 0) is 9.59 Å². The van der Waals surface area contributed by atoms with Gasteiger partial charge in [-0.2, -0.15) is 0 Å². The van der Waals surface area contributed by atoms with Gasteiger partial charge in [-0.3, -0.25) is 9.59 Å². The van der Waals surface area contributed by atoms with Crippen molar-refractivity contribution in [2.75, 3.05) is 11.9 Å². The maximum atomic E-state index is 13.1. The molecule has 0 aromatic heterocycles. The number of hydrogen-bond donors (Lipinski definition) is 3. The fourth-order valence-electron chi connectivity index (χ4n) is 2.85. The van der Waals surface area contributed by atoms with Crippen molar-refractivity contribution in [1.82, 2.24) is 5.32 Å². The quantitative estimate of drug-likeness (QED) is 0.578. The molecule has 1 atom stereocenters. The van der Waals surface area contributed by atoms with Gasteiger partial charge in [0.25, 0.3) is 0 Å². The Morgan fingerprint density at radius 1 is 1.17 bits per heavy atom. The maximum absolute atomic E-state index is 13.1. The van der Waals surface area contributed by atoms with Crippen LogP contribution in [0.3, 0.4) is 0 Å². The van der Waals surface area contributed by atoms with E-state index in [1.54, 1.807) is 6.92 Å². The van der Waals surface area contributed by atoms with Gasteiger partial charge in [0.1, 0.15) is 0 Å². The van der Waals surface area contributed by atoms with E-state index in [4.69, 9.17) is 0 Å². The Balaban J connectivity index is 1.91. The van der Waals surface area contributed by atoms with Crippen molar-refractivity contribution in [1.29, 1.82) is 0 Å². The number of benzene rings is 1. The Labute approximate surface area is 137 Å². The van der Waals surface area contributed by atoms with Gasteiger partial charge < -0.3 is 15.7 Å². The number of aliphatic hydroxyl groups is 1. The summed E-state index contributed by atoms with van der Waals surface area (Å²) in [5.41, 5.74) is -1.52. The fraction of sp³-hybridized carbons (Fsp3) is 0.500. The molecule has 1 fully saturated rings. The van der Waals surface area contributed by atoms with Crippen LogP contribution in [0.1, 0.15) is 32.6 Å². The van der Waals surface area contributed by atoms with Crippen molar-refractivity contribution < 1.29 is 27.9 Å². The molecule has 1 aliphatic rings. The molecule has 1 aliphatic carbocycles. The first kappa shape index (κ1) is 18.3. The van der Waals surface area contributed by atoms with E-state index in [1.807, 2.05) is 5.32 Å². The predicted octanol–water partition coefficient (Wildman–Crippen LogP) is 2.10. The lowest BCUT2D eigenvalue weighted by molar-refractivity contribution is -0.137. The van der Waals surface area contributed by atoms with Crippen LogP contribution in [0.4, 0.5) is 18.9 Å². The van der Waals surface area contributed by atoms with Crippen molar-refractivity contribution in [3.63, 3.8) is 0 Å². The van der Waals surface area contributed by atoms with Gasteiger partial charge in [0.15, 0.2) is 17.5 Å². The fourth-order valence-corrected chi connectivity index (χ4v) is 2.85. The first-order valence-corrected chi connectivity index (χ1v) is 7.67. The van der Waals surface area contributed by atoms with Crippen LogP contribution in [0.2, 0.25) is 0 Å². The van der Waals surface area contributed by atoms with Crippen molar-refractivity contribution in [3.05, 3.63) is 29.6 Å². The second kappa shape index (κ2) is 7.21. The molecule has 3 N–H and O–H groups in total. The van der Waals surface area contributed by atoms with Gasteiger partial charge in [0.05, 0.1) is 5.60 Å². The van der Waals surface area contributed by atoms with E-state index >= 15 is 0 Å². The minimum absolute atomic E-state index is 0.0427. The Hall–Kier alpha value is -2.09. The van der Waals surface area contributed by atoms with Crippen LogP contribution >= 0.6 is 0 Å². The van der Waals surface area contributed by atoms with Gasteiger partial charge >= 0.3 is 11.8 Å². The lowest BCUT2D eigenvalue weighted by Crippen LogP contribution is -2.48. The lowest BCUT2D eigenvalue weighted by Gasteiger charge is -2.30. The van der Waals surface area contributed by atoms with Crippen molar-refractivity contribution >= 4 is 17.5 Å². The highest BCUT2D eigenvalue weighted by Crippen LogP contribution is 2.33. The second-order valence-electron chi connectivity index (χ2n) is 6.23.